The molecule has 0 spiro atoms. The summed E-state index contributed by atoms with van der Waals surface area (Å²) < 4.78 is 16.6. The van der Waals surface area contributed by atoms with Crippen molar-refractivity contribution >= 4 is 5.91 Å². The smallest absolute Gasteiger partial charge is 0.273 e. The molecule has 1 heterocycles. The van der Waals surface area contributed by atoms with Gasteiger partial charge in [-0.2, -0.15) is 0 Å². The molecule has 3 rings (SSSR count). The number of rotatable bonds is 10. The second-order valence-corrected chi connectivity index (χ2v) is 7.92. The molecule has 0 aliphatic heterocycles. The van der Waals surface area contributed by atoms with Crippen molar-refractivity contribution in [3.8, 4) is 11.5 Å². The van der Waals surface area contributed by atoms with Gasteiger partial charge in [0.15, 0.2) is 5.69 Å². The van der Waals surface area contributed by atoms with Crippen molar-refractivity contribution in [1.29, 1.82) is 0 Å². The summed E-state index contributed by atoms with van der Waals surface area (Å²) in [6.45, 7) is 6.95. The van der Waals surface area contributed by atoms with Crippen LogP contribution in [0, 0.1) is 0 Å². The first kappa shape index (κ1) is 23.3. The Balaban J connectivity index is 1.89. The number of aromatic nitrogens is 1. The van der Waals surface area contributed by atoms with Gasteiger partial charge in [0.05, 0.1) is 20.8 Å². The lowest BCUT2D eigenvalue weighted by Gasteiger charge is -2.29. The fourth-order valence-electron chi connectivity index (χ4n) is 3.49. The minimum Gasteiger partial charge on any atom is -0.497 e. The van der Waals surface area contributed by atoms with E-state index in [1.165, 1.54) is 11.8 Å². The van der Waals surface area contributed by atoms with Crippen LogP contribution in [0.15, 0.2) is 59.2 Å². The van der Waals surface area contributed by atoms with E-state index in [-0.39, 0.29) is 23.7 Å². The molecule has 2 aromatic carbocycles. The maximum Gasteiger partial charge on any atom is 0.273 e. The topological polar surface area (TPSA) is 76.8 Å². The van der Waals surface area contributed by atoms with Crippen LogP contribution >= 0.6 is 0 Å². The average molecular weight is 438 g/mol. The zero-order valence-corrected chi connectivity index (χ0v) is 19.3. The van der Waals surface area contributed by atoms with Crippen molar-refractivity contribution in [2.45, 2.75) is 45.9 Å². The summed E-state index contributed by atoms with van der Waals surface area (Å²) in [7, 11) is 3.30. The number of benzene rings is 2. The van der Waals surface area contributed by atoms with Gasteiger partial charge in [-0.3, -0.25) is 9.69 Å². The van der Waals surface area contributed by atoms with Crippen LogP contribution in [0.1, 0.15) is 54.3 Å². The summed E-state index contributed by atoms with van der Waals surface area (Å²) in [6, 6.07) is 16.1. The van der Waals surface area contributed by atoms with Gasteiger partial charge in [-0.25, -0.2) is 4.98 Å². The summed E-state index contributed by atoms with van der Waals surface area (Å²) >= 11 is 0. The van der Waals surface area contributed by atoms with E-state index in [9.17, 15) is 4.79 Å². The molecule has 0 unspecified atom stereocenters. The van der Waals surface area contributed by atoms with Crippen molar-refractivity contribution in [3.63, 3.8) is 0 Å². The quantitative estimate of drug-likeness (QED) is 0.500. The SMILES string of the molecule is COc1ccc(OC)c(CN(Cc2nc(C(=O)NC(C)C)co2)[C@H](C)c2ccccc2)c1. The molecule has 32 heavy (non-hydrogen) atoms. The van der Waals surface area contributed by atoms with Gasteiger partial charge in [-0.15, -0.1) is 0 Å². The molecule has 0 aliphatic carbocycles. The molecule has 0 aliphatic rings. The van der Waals surface area contributed by atoms with E-state index < -0.39 is 0 Å². The van der Waals surface area contributed by atoms with E-state index in [1.807, 2.05) is 50.2 Å². The third-order valence-corrected chi connectivity index (χ3v) is 5.23. The predicted octanol–water partition coefficient (Wildman–Crippen LogP) is 4.59. The van der Waals surface area contributed by atoms with Gasteiger partial charge in [-0.1, -0.05) is 30.3 Å². The highest BCUT2D eigenvalue weighted by atomic mass is 16.5. The molecule has 0 radical (unpaired) electrons. The van der Waals surface area contributed by atoms with Crippen LogP contribution in [0.3, 0.4) is 0 Å². The van der Waals surface area contributed by atoms with Gasteiger partial charge < -0.3 is 19.2 Å². The van der Waals surface area contributed by atoms with Crippen molar-refractivity contribution in [2.75, 3.05) is 14.2 Å². The normalized spacial score (nSPS) is 12.1. The molecule has 7 nitrogen and oxygen atoms in total. The van der Waals surface area contributed by atoms with Crippen molar-refractivity contribution in [1.82, 2.24) is 15.2 Å². The number of methoxy groups -OCH3 is 2. The van der Waals surface area contributed by atoms with Crippen LogP contribution in [0.5, 0.6) is 11.5 Å². The number of carbonyl (C=O) groups is 1. The van der Waals surface area contributed by atoms with Crippen LogP contribution in [-0.2, 0) is 13.1 Å². The van der Waals surface area contributed by atoms with Gasteiger partial charge in [0.2, 0.25) is 5.89 Å². The van der Waals surface area contributed by atoms with Crippen LogP contribution in [0.25, 0.3) is 0 Å². The molecule has 1 aromatic heterocycles. The summed E-state index contributed by atoms with van der Waals surface area (Å²) in [5.41, 5.74) is 2.43. The largest absolute Gasteiger partial charge is 0.497 e. The molecule has 7 heteroatoms. The van der Waals surface area contributed by atoms with E-state index in [0.717, 1.165) is 17.1 Å². The summed E-state index contributed by atoms with van der Waals surface area (Å²) in [5, 5.41) is 2.84. The molecular formula is C25H31N3O4. The Bertz CT molecular complexity index is 1020. The first-order chi connectivity index (χ1) is 15.4. The van der Waals surface area contributed by atoms with Crippen molar-refractivity contribution in [3.05, 3.63) is 77.5 Å². The van der Waals surface area contributed by atoms with Crippen LogP contribution in [0.2, 0.25) is 0 Å². The van der Waals surface area contributed by atoms with Crippen LogP contribution < -0.4 is 14.8 Å². The highest BCUT2D eigenvalue weighted by molar-refractivity contribution is 5.92. The molecule has 1 atom stereocenters. The van der Waals surface area contributed by atoms with E-state index in [2.05, 4.69) is 34.3 Å². The Morgan fingerprint density at radius 1 is 1.06 bits per heavy atom. The molecule has 0 saturated heterocycles. The summed E-state index contributed by atoms with van der Waals surface area (Å²) in [5.74, 6) is 1.77. The standard InChI is InChI=1S/C25H31N3O4/c1-17(2)26-25(29)22-16-32-24(27-22)15-28(18(3)19-9-7-6-8-10-19)14-20-13-21(30-4)11-12-23(20)31-5/h6-13,16-18H,14-15H2,1-5H3,(H,26,29)/t18-/m1/s1. The average Bonchev–Trinajstić information content (AvgIpc) is 3.27. The zero-order valence-electron chi connectivity index (χ0n) is 19.3. The molecule has 170 valence electrons. The number of amides is 1. The number of carbonyl (C=O) groups excluding carboxylic acids is 1. The third-order valence-electron chi connectivity index (χ3n) is 5.23. The number of hydrogen-bond donors (Lipinski definition) is 1. The Morgan fingerprint density at radius 2 is 1.81 bits per heavy atom. The van der Waals surface area contributed by atoms with Crippen molar-refractivity contribution in [2.24, 2.45) is 0 Å². The first-order valence-corrected chi connectivity index (χ1v) is 10.7. The van der Waals surface area contributed by atoms with E-state index in [4.69, 9.17) is 13.9 Å². The monoisotopic (exact) mass is 437 g/mol. The highest BCUT2D eigenvalue weighted by Gasteiger charge is 2.22. The minimum atomic E-state index is -0.243. The number of ether oxygens (including phenoxy) is 2. The van der Waals surface area contributed by atoms with Gasteiger partial charge in [0.1, 0.15) is 17.8 Å². The highest BCUT2D eigenvalue weighted by Crippen LogP contribution is 2.30. The maximum absolute atomic E-state index is 12.3. The fourth-order valence-corrected chi connectivity index (χ4v) is 3.49. The second-order valence-electron chi connectivity index (χ2n) is 7.92. The Hall–Kier alpha value is -3.32. The Labute approximate surface area is 189 Å². The predicted molar refractivity (Wildman–Crippen MR) is 123 cm³/mol. The minimum absolute atomic E-state index is 0.0257. The lowest BCUT2D eigenvalue weighted by atomic mass is 10.1. The fraction of sp³-hybridized carbons (Fsp3) is 0.360. The maximum atomic E-state index is 12.3. The zero-order chi connectivity index (χ0) is 23.1. The summed E-state index contributed by atoms with van der Waals surface area (Å²) in [4.78, 5) is 18.9. The Morgan fingerprint density at radius 3 is 2.47 bits per heavy atom. The second kappa shape index (κ2) is 10.8. The molecule has 3 aromatic rings. The molecule has 1 N–H and O–H groups in total. The number of hydrogen-bond acceptors (Lipinski definition) is 6. The lowest BCUT2D eigenvalue weighted by Crippen LogP contribution is -2.30. The van der Waals surface area contributed by atoms with E-state index in [0.29, 0.717) is 19.0 Å². The van der Waals surface area contributed by atoms with E-state index in [1.54, 1.807) is 14.2 Å². The van der Waals surface area contributed by atoms with Crippen LogP contribution in [-0.4, -0.2) is 36.1 Å². The van der Waals surface area contributed by atoms with Gasteiger partial charge in [0, 0.05) is 24.2 Å². The number of nitrogens with zero attached hydrogens (tertiary/aromatic N) is 2. The molecular weight excluding hydrogens is 406 g/mol. The number of oxazole rings is 1. The van der Waals surface area contributed by atoms with Gasteiger partial charge >= 0.3 is 0 Å². The molecule has 0 fully saturated rings. The summed E-state index contributed by atoms with van der Waals surface area (Å²) in [6.07, 6.45) is 1.41. The van der Waals surface area contributed by atoms with E-state index >= 15 is 0 Å². The molecule has 0 saturated carbocycles. The Kier molecular flexibility index (Phi) is 7.89. The third kappa shape index (κ3) is 5.88. The number of nitrogens with one attached hydrogen (secondary N) is 1. The van der Waals surface area contributed by atoms with Crippen LogP contribution in [0.4, 0.5) is 0 Å². The van der Waals surface area contributed by atoms with Gasteiger partial charge in [-0.05, 0) is 44.5 Å². The molecule has 1 amide bonds. The lowest BCUT2D eigenvalue weighted by molar-refractivity contribution is 0.0938. The first-order valence-electron chi connectivity index (χ1n) is 10.7. The van der Waals surface area contributed by atoms with Crippen molar-refractivity contribution < 1.29 is 18.7 Å². The molecule has 0 bridgehead atoms. The van der Waals surface area contributed by atoms with Gasteiger partial charge in [0.25, 0.3) is 5.91 Å².